The van der Waals surface area contributed by atoms with Gasteiger partial charge in [0.2, 0.25) is 0 Å². The molecule has 0 aliphatic carbocycles. The number of nitrogens with one attached hydrogen (secondary N) is 1. The van der Waals surface area contributed by atoms with Crippen LogP contribution in [0.4, 0.5) is 5.82 Å². The SMILES string of the molecule is Cc1cccc(NC(=O)c2cc(-c3cnccc3C)c3cccnc3n2)n1. The second-order valence-corrected chi connectivity index (χ2v) is 6.24. The Morgan fingerprint density at radius 1 is 0.963 bits per heavy atom. The molecule has 0 saturated carbocycles. The van der Waals surface area contributed by atoms with Crippen molar-refractivity contribution in [2.24, 2.45) is 0 Å². The van der Waals surface area contributed by atoms with Crippen LogP contribution >= 0.6 is 0 Å². The topological polar surface area (TPSA) is 80.7 Å². The Hall–Kier alpha value is -3.67. The second-order valence-electron chi connectivity index (χ2n) is 6.24. The maximum Gasteiger partial charge on any atom is 0.275 e. The lowest BCUT2D eigenvalue weighted by atomic mass is 9.99. The van der Waals surface area contributed by atoms with Crippen molar-refractivity contribution in [2.45, 2.75) is 13.8 Å². The average Bonchev–Trinajstić information content (AvgIpc) is 2.67. The Morgan fingerprint density at radius 3 is 2.67 bits per heavy atom. The summed E-state index contributed by atoms with van der Waals surface area (Å²) in [4.78, 5) is 30.1. The molecule has 1 amide bonds. The summed E-state index contributed by atoms with van der Waals surface area (Å²) in [5.41, 5.74) is 4.51. The lowest BCUT2D eigenvalue weighted by molar-refractivity contribution is 0.102. The van der Waals surface area contributed by atoms with Crippen molar-refractivity contribution in [2.75, 3.05) is 5.32 Å². The lowest BCUT2D eigenvalue weighted by Crippen LogP contribution is -2.15. The molecular weight excluding hydrogens is 338 g/mol. The molecule has 0 spiro atoms. The summed E-state index contributed by atoms with van der Waals surface area (Å²) in [7, 11) is 0. The number of carbonyl (C=O) groups excluding carboxylic acids is 1. The van der Waals surface area contributed by atoms with E-state index in [0.717, 1.165) is 27.8 Å². The normalized spacial score (nSPS) is 10.7. The van der Waals surface area contributed by atoms with Crippen LogP contribution in [0.5, 0.6) is 0 Å². The van der Waals surface area contributed by atoms with Gasteiger partial charge in [0.1, 0.15) is 11.5 Å². The highest BCUT2D eigenvalue weighted by Crippen LogP contribution is 2.29. The first-order valence-electron chi connectivity index (χ1n) is 8.53. The van der Waals surface area contributed by atoms with E-state index in [1.807, 2.05) is 44.2 Å². The third-order valence-corrected chi connectivity index (χ3v) is 4.28. The molecule has 0 fully saturated rings. The molecular formula is C21H17N5O. The quantitative estimate of drug-likeness (QED) is 0.602. The van der Waals surface area contributed by atoms with E-state index in [1.54, 1.807) is 30.7 Å². The van der Waals surface area contributed by atoms with Gasteiger partial charge in [-0.3, -0.25) is 9.78 Å². The first-order valence-corrected chi connectivity index (χ1v) is 8.53. The largest absolute Gasteiger partial charge is 0.305 e. The zero-order chi connectivity index (χ0) is 18.8. The zero-order valence-electron chi connectivity index (χ0n) is 15.0. The van der Waals surface area contributed by atoms with Gasteiger partial charge < -0.3 is 5.32 Å². The molecule has 0 unspecified atom stereocenters. The molecule has 0 atom stereocenters. The molecule has 0 saturated heterocycles. The van der Waals surface area contributed by atoms with Crippen molar-refractivity contribution in [3.63, 3.8) is 0 Å². The maximum absolute atomic E-state index is 12.8. The number of fused-ring (bicyclic) bond motifs is 1. The molecule has 4 rings (SSSR count). The predicted molar refractivity (Wildman–Crippen MR) is 104 cm³/mol. The molecule has 4 aromatic heterocycles. The Balaban J connectivity index is 1.82. The van der Waals surface area contributed by atoms with Crippen LogP contribution < -0.4 is 5.32 Å². The third kappa shape index (κ3) is 3.37. The summed E-state index contributed by atoms with van der Waals surface area (Å²) in [6.45, 7) is 3.88. The number of hydrogen-bond donors (Lipinski definition) is 1. The standard InChI is InChI=1S/C21H17N5O/c1-13-8-10-22-12-17(13)16-11-18(25-20-15(16)6-4-9-23-20)21(27)26-19-7-3-5-14(2)24-19/h3-12H,1-2H3,(H,24,26,27). The van der Waals surface area contributed by atoms with E-state index in [1.165, 1.54) is 0 Å². The van der Waals surface area contributed by atoms with E-state index >= 15 is 0 Å². The van der Waals surface area contributed by atoms with Crippen LogP contribution in [-0.4, -0.2) is 25.8 Å². The van der Waals surface area contributed by atoms with Crippen molar-refractivity contribution in [1.29, 1.82) is 0 Å². The highest BCUT2D eigenvalue weighted by Gasteiger charge is 2.15. The molecule has 27 heavy (non-hydrogen) atoms. The fraction of sp³-hybridized carbons (Fsp3) is 0.0952. The molecule has 0 radical (unpaired) electrons. The van der Waals surface area contributed by atoms with Crippen LogP contribution in [0.25, 0.3) is 22.2 Å². The van der Waals surface area contributed by atoms with Crippen molar-refractivity contribution in [1.82, 2.24) is 19.9 Å². The molecule has 4 heterocycles. The van der Waals surface area contributed by atoms with Crippen molar-refractivity contribution >= 4 is 22.8 Å². The van der Waals surface area contributed by atoms with Crippen molar-refractivity contribution < 1.29 is 4.79 Å². The van der Waals surface area contributed by atoms with Crippen LogP contribution in [0.1, 0.15) is 21.7 Å². The number of aromatic nitrogens is 4. The van der Waals surface area contributed by atoms with Gasteiger partial charge in [-0.25, -0.2) is 15.0 Å². The average molecular weight is 355 g/mol. The number of rotatable bonds is 3. The van der Waals surface area contributed by atoms with Crippen LogP contribution in [-0.2, 0) is 0 Å². The fourth-order valence-electron chi connectivity index (χ4n) is 2.94. The van der Waals surface area contributed by atoms with E-state index in [4.69, 9.17) is 0 Å². The van der Waals surface area contributed by atoms with E-state index in [0.29, 0.717) is 11.5 Å². The smallest absolute Gasteiger partial charge is 0.275 e. The Morgan fingerprint density at radius 2 is 1.85 bits per heavy atom. The number of anilines is 1. The molecule has 4 aromatic rings. The minimum atomic E-state index is -0.330. The second kappa shape index (κ2) is 6.92. The summed E-state index contributed by atoms with van der Waals surface area (Å²) >= 11 is 0. The van der Waals surface area contributed by atoms with Crippen LogP contribution in [0.2, 0.25) is 0 Å². The van der Waals surface area contributed by atoms with Gasteiger partial charge in [-0.15, -0.1) is 0 Å². The zero-order valence-corrected chi connectivity index (χ0v) is 15.0. The van der Waals surface area contributed by atoms with Crippen LogP contribution in [0.3, 0.4) is 0 Å². The lowest BCUT2D eigenvalue weighted by Gasteiger charge is -2.11. The summed E-state index contributed by atoms with van der Waals surface area (Å²) in [5.74, 6) is 0.158. The van der Waals surface area contributed by atoms with Crippen LogP contribution in [0, 0.1) is 13.8 Å². The van der Waals surface area contributed by atoms with Gasteiger partial charge in [0, 0.05) is 35.2 Å². The molecule has 132 valence electrons. The summed E-state index contributed by atoms with van der Waals surface area (Å²) in [6.07, 6.45) is 5.21. The maximum atomic E-state index is 12.8. The first kappa shape index (κ1) is 16.8. The summed E-state index contributed by atoms with van der Waals surface area (Å²) in [6, 6.07) is 13.0. The number of aryl methyl sites for hydroxylation is 2. The van der Waals surface area contributed by atoms with Gasteiger partial charge in [-0.2, -0.15) is 0 Å². The van der Waals surface area contributed by atoms with E-state index in [-0.39, 0.29) is 11.6 Å². The highest BCUT2D eigenvalue weighted by molar-refractivity contribution is 6.06. The van der Waals surface area contributed by atoms with Crippen molar-refractivity contribution in [3.8, 4) is 11.1 Å². The molecule has 6 nitrogen and oxygen atoms in total. The molecule has 0 aromatic carbocycles. The van der Waals surface area contributed by atoms with Gasteiger partial charge in [-0.05, 0) is 61.4 Å². The minimum absolute atomic E-state index is 0.280. The fourth-order valence-corrected chi connectivity index (χ4v) is 2.94. The first-order chi connectivity index (χ1) is 13.1. The Bertz CT molecular complexity index is 1160. The molecule has 0 aliphatic rings. The third-order valence-electron chi connectivity index (χ3n) is 4.28. The monoisotopic (exact) mass is 355 g/mol. The van der Waals surface area contributed by atoms with Crippen LogP contribution in [0.15, 0.2) is 61.1 Å². The predicted octanol–water partition coefficient (Wildman–Crippen LogP) is 3.96. The number of pyridine rings is 4. The van der Waals surface area contributed by atoms with Gasteiger partial charge in [0.15, 0.2) is 5.65 Å². The minimum Gasteiger partial charge on any atom is -0.305 e. The van der Waals surface area contributed by atoms with Gasteiger partial charge in [0.25, 0.3) is 5.91 Å². The Kier molecular flexibility index (Phi) is 4.30. The van der Waals surface area contributed by atoms with E-state index in [9.17, 15) is 4.79 Å². The molecule has 6 heteroatoms. The van der Waals surface area contributed by atoms with Crippen molar-refractivity contribution in [3.05, 3.63) is 78.0 Å². The molecule has 0 aliphatic heterocycles. The number of nitrogens with zero attached hydrogens (tertiary/aromatic N) is 4. The van der Waals surface area contributed by atoms with E-state index < -0.39 is 0 Å². The highest BCUT2D eigenvalue weighted by atomic mass is 16.1. The van der Waals surface area contributed by atoms with E-state index in [2.05, 4.69) is 25.3 Å². The van der Waals surface area contributed by atoms with Gasteiger partial charge >= 0.3 is 0 Å². The summed E-state index contributed by atoms with van der Waals surface area (Å²) in [5, 5.41) is 3.68. The number of amides is 1. The Labute approximate surface area is 156 Å². The van der Waals surface area contributed by atoms with Gasteiger partial charge in [0.05, 0.1) is 0 Å². The molecule has 1 N–H and O–H groups in total. The van der Waals surface area contributed by atoms with Gasteiger partial charge in [-0.1, -0.05) is 6.07 Å². The number of hydrogen-bond acceptors (Lipinski definition) is 5. The molecule has 0 bridgehead atoms. The summed E-state index contributed by atoms with van der Waals surface area (Å²) < 4.78 is 0. The number of carbonyl (C=O) groups is 1.